The van der Waals surface area contributed by atoms with E-state index in [1.807, 2.05) is 0 Å². The van der Waals surface area contributed by atoms with Gasteiger partial charge in [-0.25, -0.2) is 0 Å². The molecule has 110 valence electrons. The Bertz CT molecular complexity index is 315. The molecule has 3 N–H and O–H groups in total. The van der Waals surface area contributed by atoms with Gasteiger partial charge in [0.15, 0.2) is 0 Å². The van der Waals surface area contributed by atoms with E-state index < -0.39 is 5.54 Å². The van der Waals surface area contributed by atoms with E-state index in [0.717, 1.165) is 32.3 Å². The maximum absolute atomic E-state index is 12.0. The van der Waals surface area contributed by atoms with E-state index in [2.05, 4.69) is 19.2 Å². The molecule has 0 aromatic carbocycles. The van der Waals surface area contributed by atoms with Crippen molar-refractivity contribution in [3.05, 3.63) is 0 Å². The molecule has 0 heterocycles. The number of hydrogen-bond acceptors (Lipinski definition) is 3. The molecule has 1 amide bonds. The normalized spacial score (nSPS) is 31.6. The van der Waals surface area contributed by atoms with Crippen molar-refractivity contribution in [3.63, 3.8) is 0 Å². The largest absolute Gasteiger partial charge is 0.378 e. The van der Waals surface area contributed by atoms with E-state index in [0.29, 0.717) is 12.0 Å². The van der Waals surface area contributed by atoms with Crippen LogP contribution in [0.4, 0.5) is 0 Å². The summed E-state index contributed by atoms with van der Waals surface area (Å²) >= 11 is 0. The predicted octanol–water partition coefficient (Wildman–Crippen LogP) is 1.97. The lowest BCUT2D eigenvalue weighted by Gasteiger charge is -2.36. The first-order valence-corrected chi connectivity index (χ1v) is 7.74. The van der Waals surface area contributed by atoms with Gasteiger partial charge in [-0.05, 0) is 58.3 Å². The molecule has 2 fully saturated rings. The third-order valence-electron chi connectivity index (χ3n) is 4.68. The molecule has 2 aliphatic rings. The van der Waals surface area contributed by atoms with E-state index in [1.54, 1.807) is 0 Å². The quantitative estimate of drug-likeness (QED) is 0.742. The topological polar surface area (TPSA) is 64.3 Å². The molecule has 0 spiro atoms. The lowest BCUT2D eigenvalue weighted by Crippen LogP contribution is -2.60. The molecule has 0 aromatic rings. The minimum atomic E-state index is -0.503. The highest BCUT2D eigenvalue weighted by Crippen LogP contribution is 2.38. The Kier molecular flexibility index (Phi) is 4.85. The Morgan fingerprint density at radius 2 is 2.11 bits per heavy atom. The number of carbonyl (C=O) groups is 1. The highest BCUT2D eigenvalue weighted by atomic mass is 16.5. The molecular formula is C15H28N2O2. The summed E-state index contributed by atoms with van der Waals surface area (Å²) in [5, 5.41) is 3.44. The average Bonchev–Trinajstić information content (AvgIpc) is 2.65. The van der Waals surface area contributed by atoms with E-state index >= 15 is 0 Å². The summed E-state index contributed by atoms with van der Waals surface area (Å²) in [5.74, 6) is 0.139. The van der Waals surface area contributed by atoms with Crippen molar-refractivity contribution in [1.82, 2.24) is 5.32 Å². The predicted molar refractivity (Wildman–Crippen MR) is 75.7 cm³/mol. The molecule has 0 aliphatic heterocycles. The molecule has 19 heavy (non-hydrogen) atoms. The Morgan fingerprint density at radius 1 is 1.37 bits per heavy atom. The maximum atomic E-state index is 12.0. The van der Waals surface area contributed by atoms with Crippen LogP contribution in [-0.4, -0.2) is 30.2 Å². The standard InChI is InChI=1S/C15H28N2O2/c1-11(2)17-15(14(16)18)9-4-5-12(15)8-10-19-13-6-3-7-13/h11-13,17H,3-10H2,1-2H3,(H2,16,18). The molecule has 0 radical (unpaired) electrons. The number of amides is 1. The molecule has 2 saturated carbocycles. The monoisotopic (exact) mass is 268 g/mol. The van der Waals surface area contributed by atoms with Crippen LogP contribution in [0.2, 0.25) is 0 Å². The van der Waals surface area contributed by atoms with E-state index in [-0.39, 0.29) is 11.9 Å². The maximum Gasteiger partial charge on any atom is 0.238 e. The zero-order valence-electron chi connectivity index (χ0n) is 12.3. The fourth-order valence-electron chi connectivity index (χ4n) is 3.48. The molecule has 2 rings (SSSR count). The van der Waals surface area contributed by atoms with Gasteiger partial charge in [0.05, 0.1) is 6.10 Å². The van der Waals surface area contributed by atoms with Crippen LogP contribution < -0.4 is 11.1 Å². The summed E-state index contributed by atoms with van der Waals surface area (Å²) in [6.07, 6.45) is 8.16. The van der Waals surface area contributed by atoms with Gasteiger partial charge in [-0.1, -0.05) is 6.42 Å². The molecule has 2 aliphatic carbocycles. The van der Waals surface area contributed by atoms with Crippen LogP contribution in [-0.2, 0) is 9.53 Å². The number of ether oxygens (including phenoxy) is 1. The van der Waals surface area contributed by atoms with Gasteiger partial charge in [0.1, 0.15) is 5.54 Å². The number of hydrogen-bond donors (Lipinski definition) is 2. The number of primary amides is 1. The van der Waals surface area contributed by atoms with Gasteiger partial charge in [0.2, 0.25) is 5.91 Å². The van der Waals surface area contributed by atoms with Gasteiger partial charge in [-0.15, -0.1) is 0 Å². The Balaban J connectivity index is 1.89. The molecule has 0 bridgehead atoms. The second-order valence-electron chi connectivity index (χ2n) is 6.44. The lowest BCUT2D eigenvalue weighted by molar-refractivity contribution is -0.126. The number of nitrogens with one attached hydrogen (secondary N) is 1. The fraction of sp³-hybridized carbons (Fsp3) is 0.933. The van der Waals surface area contributed by atoms with E-state index in [4.69, 9.17) is 10.5 Å². The second-order valence-corrected chi connectivity index (χ2v) is 6.44. The first-order valence-electron chi connectivity index (χ1n) is 7.74. The third kappa shape index (κ3) is 3.29. The van der Waals surface area contributed by atoms with Crippen molar-refractivity contribution in [2.45, 2.75) is 76.5 Å². The third-order valence-corrected chi connectivity index (χ3v) is 4.68. The van der Waals surface area contributed by atoms with Gasteiger partial charge >= 0.3 is 0 Å². The number of carbonyl (C=O) groups excluding carboxylic acids is 1. The summed E-state index contributed by atoms with van der Waals surface area (Å²) in [4.78, 5) is 12.0. The summed E-state index contributed by atoms with van der Waals surface area (Å²) in [7, 11) is 0. The van der Waals surface area contributed by atoms with Crippen molar-refractivity contribution < 1.29 is 9.53 Å². The first-order chi connectivity index (χ1) is 9.04. The van der Waals surface area contributed by atoms with Crippen molar-refractivity contribution in [1.29, 1.82) is 0 Å². The van der Waals surface area contributed by atoms with Gasteiger partial charge < -0.3 is 15.8 Å². The number of nitrogens with two attached hydrogens (primary N) is 1. The van der Waals surface area contributed by atoms with Gasteiger partial charge in [0.25, 0.3) is 0 Å². The minimum Gasteiger partial charge on any atom is -0.378 e. The lowest BCUT2D eigenvalue weighted by atomic mass is 9.83. The molecular weight excluding hydrogens is 240 g/mol. The van der Waals surface area contributed by atoms with Crippen LogP contribution in [0.25, 0.3) is 0 Å². The van der Waals surface area contributed by atoms with Crippen LogP contribution >= 0.6 is 0 Å². The molecule has 2 atom stereocenters. The van der Waals surface area contributed by atoms with Gasteiger partial charge in [-0.3, -0.25) is 4.79 Å². The van der Waals surface area contributed by atoms with Crippen LogP contribution in [0.5, 0.6) is 0 Å². The zero-order valence-corrected chi connectivity index (χ0v) is 12.3. The van der Waals surface area contributed by atoms with Crippen molar-refractivity contribution in [3.8, 4) is 0 Å². The van der Waals surface area contributed by atoms with Crippen molar-refractivity contribution >= 4 is 5.91 Å². The van der Waals surface area contributed by atoms with Crippen LogP contribution in [0.3, 0.4) is 0 Å². The molecule has 2 unspecified atom stereocenters. The number of rotatable bonds is 7. The summed E-state index contributed by atoms with van der Waals surface area (Å²) < 4.78 is 5.84. The van der Waals surface area contributed by atoms with Gasteiger partial charge in [0, 0.05) is 12.6 Å². The highest BCUT2D eigenvalue weighted by Gasteiger charge is 2.47. The highest BCUT2D eigenvalue weighted by molar-refractivity contribution is 5.85. The Morgan fingerprint density at radius 3 is 2.63 bits per heavy atom. The van der Waals surface area contributed by atoms with Crippen LogP contribution in [0.15, 0.2) is 0 Å². The molecule has 4 heteroatoms. The SMILES string of the molecule is CC(C)NC1(C(N)=O)CCCC1CCOC1CCC1. The minimum absolute atomic E-state index is 0.188. The molecule has 0 saturated heterocycles. The van der Waals surface area contributed by atoms with Crippen LogP contribution in [0, 0.1) is 5.92 Å². The van der Waals surface area contributed by atoms with Gasteiger partial charge in [-0.2, -0.15) is 0 Å². The smallest absolute Gasteiger partial charge is 0.238 e. The van der Waals surface area contributed by atoms with E-state index in [9.17, 15) is 4.79 Å². The first kappa shape index (κ1) is 14.8. The molecule has 0 aromatic heterocycles. The van der Waals surface area contributed by atoms with Crippen LogP contribution in [0.1, 0.15) is 58.8 Å². The zero-order chi connectivity index (χ0) is 13.9. The average molecular weight is 268 g/mol. The molecule has 4 nitrogen and oxygen atoms in total. The second kappa shape index (κ2) is 6.23. The summed E-state index contributed by atoms with van der Waals surface area (Å²) in [6, 6.07) is 0.278. The Hall–Kier alpha value is -0.610. The van der Waals surface area contributed by atoms with E-state index in [1.165, 1.54) is 19.3 Å². The summed E-state index contributed by atoms with van der Waals surface area (Å²) in [6.45, 7) is 4.92. The summed E-state index contributed by atoms with van der Waals surface area (Å²) in [5.41, 5.74) is 5.20. The van der Waals surface area contributed by atoms with Crippen molar-refractivity contribution in [2.24, 2.45) is 11.7 Å². The van der Waals surface area contributed by atoms with Crippen molar-refractivity contribution in [2.75, 3.05) is 6.61 Å². The Labute approximate surface area is 116 Å². The fourth-order valence-corrected chi connectivity index (χ4v) is 3.48.